The van der Waals surface area contributed by atoms with E-state index in [2.05, 4.69) is 50.8 Å². The van der Waals surface area contributed by atoms with Gasteiger partial charge in [-0.25, -0.2) is 4.39 Å². The molecule has 0 saturated heterocycles. The van der Waals surface area contributed by atoms with E-state index in [1.54, 1.807) is 38.5 Å². The van der Waals surface area contributed by atoms with Gasteiger partial charge in [0.15, 0.2) is 23.0 Å². The lowest BCUT2D eigenvalue weighted by Crippen LogP contribution is -2.28. The Kier molecular flexibility index (Phi) is 13.6. The molecule has 258 valence electrons. The first-order valence-electron chi connectivity index (χ1n) is 17.0. The number of aryl methyl sites for hydroxylation is 5. The molecule has 0 aromatic heterocycles. The van der Waals surface area contributed by atoms with Crippen LogP contribution >= 0.6 is 11.6 Å². The number of hydrogen-bond donors (Lipinski definition) is 2. The molecular formula is C41H51ClFNO4. The van der Waals surface area contributed by atoms with Crippen LogP contribution in [0.25, 0.3) is 0 Å². The molecule has 4 aromatic carbocycles. The van der Waals surface area contributed by atoms with Crippen LogP contribution in [0.3, 0.4) is 0 Å². The van der Waals surface area contributed by atoms with Crippen molar-refractivity contribution in [2.75, 3.05) is 14.2 Å². The number of halogens is 2. The van der Waals surface area contributed by atoms with E-state index >= 15 is 0 Å². The third-order valence-electron chi connectivity index (χ3n) is 9.22. The fourth-order valence-corrected chi connectivity index (χ4v) is 6.38. The summed E-state index contributed by atoms with van der Waals surface area (Å²) in [6, 6.07) is 21.8. The number of aromatic hydroxyl groups is 2. The monoisotopic (exact) mass is 675 g/mol. The van der Waals surface area contributed by atoms with Crippen molar-refractivity contribution in [1.82, 2.24) is 4.90 Å². The van der Waals surface area contributed by atoms with Gasteiger partial charge in [-0.1, -0.05) is 61.3 Å². The van der Waals surface area contributed by atoms with E-state index in [1.807, 2.05) is 24.3 Å². The van der Waals surface area contributed by atoms with Crippen LogP contribution in [0.1, 0.15) is 79.0 Å². The van der Waals surface area contributed by atoms with E-state index in [1.165, 1.54) is 33.4 Å². The molecule has 4 aromatic rings. The van der Waals surface area contributed by atoms with Crippen molar-refractivity contribution in [2.45, 2.75) is 91.8 Å². The number of hydrogen-bond acceptors (Lipinski definition) is 5. The van der Waals surface area contributed by atoms with Crippen molar-refractivity contribution >= 4 is 11.6 Å². The van der Waals surface area contributed by atoms with E-state index < -0.39 is 0 Å². The van der Waals surface area contributed by atoms with E-state index in [-0.39, 0.29) is 22.3 Å². The number of ether oxygens (including phenoxy) is 2. The maximum atomic E-state index is 12.8. The SMILES string of the molecule is COc1cc(CCC(C)C)ccc1O.COc1cc(CC[C@@H](C)N2Cc3ccc(C)cc3C2)ccc1O.Fc1cc2c(cc1Cl)CCC2. The molecule has 0 fully saturated rings. The smallest absolute Gasteiger partial charge is 0.160 e. The average Bonchev–Trinajstić information content (AvgIpc) is 3.71. The summed E-state index contributed by atoms with van der Waals surface area (Å²) in [4.78, 5) is 2.54. The fraction of sp³-hybridized carbons (Fsp3) is 0.415. The van der Waals surface area contributed by atoms with Crippen LogP contribution in [0.2, 0.25) is 5.02 Å². The Labute approximate surface area is 291 Å². The van der Waals surface area contributed by atoms with Gasteiger partial charge in [0.05, 0.1) is 19.2 Å². The zero-order valence-electron chi connectivity index (χ0n) is 29.3. The third kappa shape index (κ3) is 10.4. The van der Waals surface area contributed by atoms with Crippen LogP contribution in [0, 0.1) is 18.7 Å². The van der Waals surface area contributed by atoms with Crippen molar-refractivity contribution in [1.29, 1.82) is 0 Å². The number of phenols is 2. The van der Waals surface area contributed by atoms with Crippen molar-refractivity contribution in [2.24, 2.45) is 5.92 Å². The van der Waals surface area contributed by atoms with Crippen LogP contribution in [-0.2, 0) is 38.8 Å². The second-order valence-electron chi connectivity index (χ2n) is 13.4. The van der Waals surface area contributed by atoms with Crippen LogP contribution in [-0.4, -0.2) is 35.4 Å². The normalized spacial score (nSPS) is 13.9. The molecule has 6 rings (SSSR count). The zero-order chi connectivity index (χ0) is 34.8. The first-order chi connectivity index (χ1) is 23.0. The predicted octanol–water partition coefficient (Wildman–Crippen LogP) is 10.0. The number of rotatable bonds is 9. The Morgan fingerprint density at radius 3 is 1.88 bits per heavy atom. The van der Waals surface area contributed by atoms with Crippen molar-refractivity contribution in [3.8, 4) is 23.0 Å². The Morgan fingerprint density at radius 1 is 0.729 bits per heavy atom. The van der Waals surface area contributed by atoms with Crippen LogP contribution in [0.4, 0.5) is 4.39 Å². The zero-order valence-corrected chi connectivity index (χ0v) is 30.0. The highest BCUT2D eigenvalue weighted by Crippen LogP contribution is 2.30. The largest absolute Gasteiger partial charge is 0.504 e. The Balaban J connectivity index is 0.000000177. The van der Waals surface area contributed by atoms with E-state index in [4.69, 9.17) is 21.1 Å². The summed E-state index contributed by atoms with van der Waals surface area (Å²) in [7, 11) is 3.16. The summed E-state index contributed by atoms with van der Waals surface area (Å²) < 4.78 is 23.1. The first kappa shape index (κ1) is 37.1. The van der Waals surface area contributed by atoms with Gasteiger partial charge in [-0.15, -0.1) is 0 Å². The molecule has 1 atom stereocenters. The van der Waals surface area contributed by atoms with Crippen molar-refractivity contribution in [3.63, 3.8) is 0 Å². The number of methoxy groups -OCH3 is 2. The van der Waals surface area contributed by atoms with Gasteiger partial charge in [0, 0.05) is 19.1 Å². The third-order valence-corrected chi connectivity index (χ3v) is 9.51. The van der Waals surface area contributed by atoms with Crippen LogP contribution in [0.15, 0.2) is 66.7 Å². The number of benzene rings is 4. The second-order valence-corrected chi connectivity index (χ2v) is 13.8. The highest BCUT2D eigenvalue weighted by Gasteiger charge is 2.23. The highest BCUT2D eigenvalue weighted by atomic mass is 35.5. The summed E-state index contributed by atoms with van der Waals surface area (Å²) >= 11 is 5.62. The minimum atomic E-state index is -0.285. The van der Waals surface area contributed by atoms with Gasteiger partial charge >= 0.3 is 0 Å². The molecule has 1 aliphatic carbocycles. The van der Waals surface area contributed by atoms with Crippen molar-refractivity contribution in [3.05, 3.63) is 117 Å². The van der Waals surface area contributed by atoms with Gasteiger partial charge in [0.1, 0.15) is 5.82 Å². The molecule has 2 aliphatic rings. The van der Waals surface area contributed by atoms with Gasteiger partial charge in [-0.05, 0) is 134 Å². The lowest BCUT2D eigenvalue weighted by Gasteiger charge is -2.23. The summed E-state index contributed by atoms with van der Waals surface area (Å²) in [6.07, 6.45) is 7.47. The summed E-state index contributed by atoms with van der Waals surface area (Å²) in [5.74, 6) is 1.95. The molecule has 1 aliphatic heterocycles. The number of phenolic OH excluding ortho intramolecular Hbond substituents is 2. The van der Waals surface area contributed by atoms with E-state index in [0.29, 0.717) is 23.5 Å². The second kappa shape index (κ2) is 17.6. The fourth-order valence-electron chi connectivity index (χ4n) is 6.19. The van der Waals surface area contributed by atoms with Gasteiger partial charge in [0.25, 0.3) is 0 Å². The molecule has 5 nitrogen and oxygen atoms in total. The number of fused-ring (bicyclic) bond motifs is 2. The predicted molar refractivity (Wildman–Crippen MR) is 194 cm³/mol. The minimum Gasteiger partial charge on any atom is -0.504 e. The molecule has 1 heterocycles. The Hall–Kier alpha value is -3.74. The molecule has 0 spiro atoms. The van der Waals surface area contributed by atoms with Gasteiger partial charge in [0.2, 0.25) is 0 Å². The highest BCUT2D eigenvalue weighted by molar-refractivity contribution is 6.30. The lowest BCUT2D eigenvalue weighted by atomic mass is 10.0. The van der Waals surface area contributed by atoms with E-state index in [0.717, 1.165) is 63.6 Å². The molecule has 7 heteroatoms. The van der Waals surface area contributed by atoms with Crippen LogP contribution < -0.4 is 9.47 Å². The minimum absolute atomic E-state index is 0.203. The maximum absolute atomic E-state index is 12.8. The van der Waals surface area contributed by atoms with Crippen molar-refractivity contribution < 1.29 is 24.1 Å². The van der Waals surface area contributed by atoms with Gasteiger partial charge < -0.3 is 19.7 Å². The molecule has 0 saturated carbocycles. The average molecular weight is 676 g/mol. The number of nitrogens with zero attached hydrogens (tertiary/aromatic N) is 1. The Bertz CT molecular complexity index is 1630. The van der Waals surface area contributed by atoms with Gasteiger partial charge in [-0.2, -0.15) is 0 Å². The molecule has 0 radical (unpaired) electrons. The maximum Gasteiger partial charge on any atom is 0.160 e. The van der Waals surface area contributed by atoms with Crippen LogP contribution in [0.5, 0.6) is 23.0 Å². The lowest BCUT2D eigenvalue weighted by molar-refractivity contribution is 0.203. The standard InChI is InChI=1S/C20H25NO2.C12H18O2.C9H8ClF/c1-14-4-8-17-12-21(13-18(17)10-14)15(2)5-6-16-7-9-19(22)20(11-16)23-3;1-9(2)4-5-10-6-7-11(13)12(8-10)14-3;10-8-4-6-2-1-3-7(6)5-9(8)11/h4,7-11,15,22H,5-6,12-13H2,1-3H3;6-9,13H,4-5H2,1-3H3;4-5H,1-3H2/t15-;;/m1../s1. The molecular weight excluding hydrogens is 625 g/mol. The molecule has 0 unspecified atom stereocenters. The molecule has 2 N–H and O–H groups in total. The summed E-state index contributed by atoms with van der Waals surface area (Å²) in [6.45, 7) is 11.0. The van der Waals surface area contributed by atoms with Gasteiger partial charge in [-0.3, -0.25) is 4.90 Å². The summed E-state index contributed by atoms with van der Waals surface area (Å²) in [5, 5.41) is 19.3. The molecule has 48 heavy (non-hydrogen) atoms. The van der Waals surface area contributed by atoms with E-state index in [9.17, 15) is 14.6 Å². The topological polar surface area (TPSA) is 62.2 Å². The Morgan fingerprint density at radius 2 is 1.29 bits per heavy atom. The molecule has 0 amide bonds. The molecule has 0 bridgehead atoms. The summed E-state index contributed by atoms with van der Waals surface area (Å²) in [5.41, 5.74) is 9.06. The first-order valence-corrected chi connectivity index (χ1v) is 17.4. The quantitative estimate of drug-likeness (QED) is 0.185.